The van der Waals surface area contributed by atoms with Crippen molar-refractivity contribution in [3.05, 3.63) is 47.5 Å². The minimum atomic E-state index is -1.03. The van der Waals surface area contributed by atoms with E-state index in [0.29, 0.717) is 23.4 Å². The number of ether oxygens (including phenoxy) is 1. The van der Waals surface area contributed by atoms with Crippen molar-refractivity contribution in [1.29, 1.82) is 0 Å². The highest BCUT2D eigenvalue weighted by atomic mass is 16.5. The van der Waals surface area contributed by atoms with E-state index >= 15 is 0 Å². The van der Waals surface area contributed by atoms with Crippen LogP contribution in [0.1, 0.15) is 22.8 Å². The number of carbonyl (C=O) groups excluding carboxylic acids is 1. The van der Waals surface area contributed by atoms with Gasteiger partial charge < -0.3 is 25.0 Å². The van der Waals surface area contributed by atoms with Crippen LogP contribution in [0.15, 0.2) is 36.4 Å². The SMILES string of the molecule is COc1c(CN2CC(O)C(C(C)O)C2C([NH3+])=O)cccc1-c1cc(C(=O)O)cc(N(C)C)c1. The lowest BCUT2D eigenvalue weighted by Gasteiger charge is -2.26. The largest absolute Gasteiger partial charge is 0.496 e. The minimum absolute atomic E-state index is 0.161. The number of β-amino-alcohol motifs (C(OH)–C–C–N with tert-alkyl or cyclic N) is 1. The van der Waals surface area contributed by atoms with Gasteiger partial charge >= 0.3 is 11.9 Å². The minimum Gasteiger partial charge on any atom is -0.496 e. The monoisotopic (exact) mass is 458 g/mol. The Kier molecular flexibility index (Phi) is 7.38. The summed E-state index contributed by atoms with van der Waals surface area (Å²) in [6, 6.07) is 9.93. The summed E-state index contributed by atoms with van der Waals surface area (Å²) in [6.45, 7) is 2.07. The summed E-state index contributed by atoms with van der Waals surface area (Å²) in [4.78, 5) is 27.6. The maximum absolute atomic E-state index is 12.3. The van der Waals surface area contributed by atoms with Gasteiger partial charge in [0.2, 0.25) is 0 Å². The Morgan fingerprint density at radius 3 is 2.52 bits per heavy atom. The quantitative estimate of drug-likeness (QED) is 0.447. The molecule has 0 radical (unpaired) electrons. The number of aromatic carboxylic acids is 1. The van der Waals surface area contributed by atoms with Gasteiger partial charge in [0.1, 0.15) is 11.8 Å². The molecule has 0 bridgehead atoms. The first-order chi connectivity index (χ1) is 15.5. The van der Waals surface area contributed by atoms with Crippen molar-refractivity contribution < 1.29 is 35.4 Å². The van der Waals surface area contributed by atoms with Crippen molar-refractivity contribution in [2.24, 2.45) is 5.92 Å². The lowest BCUT2D eigenvalue weighted by atomic mass is 9.92. The number of likely N-dealkylation sites (tertiary alicyclic amines) is 1. The number of anilines is 1. The van der Waals surface area contributed by atoms with Crippen LogP contribution < -0.4 is 15.4 Å². The Morgan fingerprint density at radius 1 is 1.27 bits per heavy atom. The van der Waals surface area contributed by atoms with Gasteiger partial charge in [0.05, 0.1) is 24.9 Å². The number of nitrogens with zero attached hydrogens (tertiary/aromatic N) is 2. The molecule has 4 atom stereocenters. The first-order valence-corrected chi connectivity index (χ1v) is 10.7. The van der Waals surface area contributed by atoms with Gasteiger partial charge in [-0.15, -0.1) is 0 Å². The first-order valence-electron chi connectivity index (χ1n) is 10.7. The summed E-state index contributed by atoms with van der Waals surface area (Å²) in [5.41, 5.74) is 6.61. The fourth-order valence-electron chi connectivity index (χ4n) is 4.64. The highest BCUT2D eigenvalue weighted by Gasteiger charge is 2.48. The number of carboxylic acid groups (broad SMARTS) is 1. The highest BCUT2D eigenvalue weighted by molar-refractivity contribution is 5.92. The first kappa shape index (κ1) is 24.7. The number of benzene rings is 2. The summed E-state index contributed by atoms with van der Waals surface area (Å²) < 4.78 is 5.74. The van der Waals surface area contributed by atoms with E-state index in [4.69, 9.17) is 4.74 Å². The fourth-order valence-corrected chi connectivity index (χ4v) is 4.64. The van der Waals surface area contributed by atoms with Gasteiger partial charge in [-0.3, -0.25) is 10.6 Å². The molecule has 1 fully saturated rings. The Balaban J connectivity index is 2.05. The van der Waals surface area contributed by atoms with Gasteiger partial charge in [-0.05, 0) is 30.7 Å². The molecule has 3 rings (SSSR count). The van der Waals surface area contributed by atoms with E-state index in [0.717, 1.165) is 11.3 Å². The lowest BCUT2D eigenvalue weighted by Crippen LogP contribution is -2.67. The van der Waals surface area contributed by atoms with Crippen molar-refractivity contribution in [2.75, 3.05) is 32.6 Å². The van der Waals surface area contributed by atoms with Crippen LogP contribution >= 0.6 is 0 Å². The molecule has 1 aliphatic rings. The second-order valence-electron chi connectivity index (χ2n) is 8.69. The van der Waals surface area contributed by atoms with E-state index in [1.807, 2.05) is 43.3 Å². The second kappa shape index (κ2) is 9.88. The van der Waals surface area contributed by atoms with E-state index in [1.54, 1.807) is 24.0 Å². The predicted molar refractivity (Wildman–Crippen MR) is 123 cm³/mol. The molecule has 9 heteroatoms. The Morgan fingerprint density at radius 2 is 1.97 bits per heavy atom. The number of amides is 1. The maximum atomic E-state index is 12.3. The van der Waals surface area contributed by atoms with Crippen molar-refractivity contribution in [3.8, 4) is 16.9 Å². The maximum Gasteiger partial charge on any atom is 0.335 e. The number of hydrogen-bond donors (Lipinski definition) is 4. The van der Waals surface area contributed by atoms with Gasteiger partial charge in [-0.2, -0.15) is 0 Å². The van der Waals surface area contributed by atoms with Gasteiger partial charge in [-0.1, -0.05) is 18.2 Å². The van der Waals surface area contributed by atoms with Crippen LogP contribution in [0.2, 0.25) is 0 Å². The number of quaternary nitrogens is 1. The number of hydrogen-bond acceptors (Lipinski definition) is 7. The number of carbonyl (C=O) groups is 2. The zero-order valence-corrected chi connectivity index (χ0v) is 19.4. The van der Waals surface area contributed by atoms with Crippen molar-refractivity contribution in [3.63, 3.8) is 0 Å². The summed E-state index contributed by atoms with van der Waals surface area (Å²) in [7, 11) is 5.22. The molecule has 0 spiro atoms. The predicted octanol–water partition coefficient (Wildman–Crippen LogP) is 0.437. The standard InChI is InChI=1S/C24H31N3O6/c1-13(28)20-19(29)12-27(21(20)23(25)30)11-14-6-5-7-18(22(14)33-4)15-8-16(24(31)32)10-17(9-15)26(2)3/h5-10,13,19-21,28-29H,11-12H2,1-4H3,(H2,25,30)(H,31,32)/p+1. The average Bonchev–Trinajstić information content (AvgIpc) is 3.09. The van der Waals surface area contributed by atoms with Crippen LogP contribution in [0.3, 0.4) is 0 Å². The molecule has 4 unspecified atom stereocenters. The summed E-state index contributed by atoms with van der Waals surface area (Å²) in [6.07, 6.45) is -1.72. The van der Waals surface area contributed by atoms with Crippen LogP contribution in [0.4, 0.5) is 5.69 Å². The third-order valence-electron chi connectivity index (χ3n) is 6.18. The van der Waals surface area contributed by atoms with Crippen LogP contribution in [0, 0.1) is 5.92 Å². The molecule has 2 aromatic rings. The number of methoxy groups -OCH3 is 1. The third kappa shape index (κ3) is 5.01. The van der Waals surface area contributed by atoms with E-state index < -0.39 is 30.1 Å². The lowest BCUT2D eigenvalue weighted by molar-refractivity contribution is -0.313. The molecule has 1 amide bonds. The van der Waals surface area contributed by atoms with Gasteiger partial charge in [0.15, 0.2) is 0 Å². The number of aliphatic hydroxyl groups excluding tert-OH is 2. The van der Waals surface area contributed by atoms with Crippen molar-refractivity contribution in [2.45, 2.75) is 31.7 Å². The number of aliphatic hydroxyl groups is 2. The number of carboxylic acids is 1. The van der Waals surface area contributed by atoms with E-state index in [9.17, 15) is 24.9 Å². The van der Waals surface area contributed by atoms with Crippen molar-refractivity contribution >= 4 is 17.6 Å². The van der Waals surface area contributed by atoms with Gasteiger partial charge in [0, 0.05) is 49.9 Å². The summed E-state index contributed by atoms with van der Waals surface area (Å²) in [5.74, 6) is -1.46. The van der Waals surface area contributed by atoms with Crippen molar-refractivity contribution in [1.82, 2.24) is 4.90 Å². The third-order valence-corrected chi connectivity index (χ3v) is 6.18. The summed E-state index contributed by atoms with van der Waals surface area (Å²) >= 11 is 0. The van der Waals surface area contributed by atoms with Crippen LogP contribution in [-0.2, 0) is 11.3 Å². The fraction of sp³-hybridized carbons (Fsp3) is 0.417. The van der Waals surface area contributed by atoms with Crippen LogP contribution in [0.5, 0.6) is 5.75 Å². The molecular formula is C24H32N3O6+. The Bertz CT molecular complexity index is 1040. The zero-order valence-electron chi connectivity index (χ0n) is 19.4. The molecule has 1 aliphatic heterocycles. The molecule has 9 nitrogen and oxygen atoms in total. The topological polar surface area (TPSA) is 138 Å². The normalized spacial score (nSPS) is 21.6. The molecule has 6 N–H and O–H groups in total. The second-order valence-corrected chi connectivity index (χ2v) is 8.69. The Hall–Kier alpha value is -2.98. The smallest absolute Gasteiger partial charge is 0.335 e. The molecule has 0 aliphatic carbocycles. The van der Waals surface area contributed by atoms with Gasteiger partial charge in [0.25, 0.3) is 0 Å². The highest BCUT2D eigenvalue weighted by Crippen LogP contribution is 2.38. The molecule has 0 aromatic heterocycles. The number of para-hydroxylation sites is 1. The average molecular weight is 459 g/mol. The van der Waals surface area contributed by atoms with E-state index in [1.165, 1.54) is 7.11 Å². The Labute approximate surface area is 193 Å². The zero-order chi connectivity index (χ0) is 24.4. The number of rotatable bonds is 8. The molecule has 178 valence electrons. The van der Waals surface area contributed by atoms with Crippen LogP contribution in [-0.4, -0.2) is 78.1 Å². The molecule has 2 aromatic carbocycles. The van der Waals surface area contributed by atoms with E-state index in [-0.39, 0.29) is 18.0 Å². The molecular weight excluding hydrogens is 426 g/mol. The molecule has 33 heavy (non-hydrogen) atoms. The van der Waals surface area contributed by atoms with E-state index in [2.05, 4.69) is 5.73 Å². The summed E-state index contributed by atoms with van der Waals surface area (Å²) in [5, 5.41) is 30.2. The van der Waals surface area contributed by atoms with Crippen LogP contribution in [0.25, 0.3) is 11.1 Å². The molecule has 1 saturated heterocycles. The van der Waals surface area contributed by atoms with Gasteiger partial charge in [-0.25, -0.2) is 9.59 Å². The molecule has 0 saturated carbocycles. The molecule has 1 heterocycles.